The number of hydrogen-bond donors (Lipinski definition) is 1. The van der Waals surface area contributed by atoms with Crippen molar-refractivity contribution in [1.82, 2.24) is 19.9 Å². The van der Waals surface area contributed by atoms with Gasteiger partial charge in [-0.15, -0.1) is 0 Å². The molecule has 1 atom stereocenters. The summed E-state index contributed by atoms with van der Waals surface area (Å²) >= 11 is 0. The molecule has 0 saturated heterocycles. The average Bonchev–Trinajstić information content (AvgIpc) is 2.89. The minimum absolute atomic E-state index is 0.242. The molecule has 124 valence electrons. The molecule has 0 aromatic carbocycles. The van der Waals surface area contributed by atoms with Crippen LogP contribution in [0.15, 0.2) is 12.3 Å². The summed E-state index contributed by atoms with van der Waals surface area (Å²) < 4.78 is 6.38. The van der Waals surface area contributed by atoms with Gasteiger partial charge in [-0.1, -0.05) is 13.8 Å². The average molecular weight is 318 g/mol. The second-order valence-corrected chi connectivity index (χ2v) is 6.01. The molecule has 0 bridgehead atoms. The number of aryl methyl sites for hydroxylation is 2. The van der Waals surface area contributed by atoms with E-state index in [0.717, 1.165) is 11.4 Å². The fourth-order valence-corrected chi connectivity index (χ4v) is 2.49. The lowest BCUT2D eigenvalue weighted by molar-refractivity contribution is -0.143. The number of methoxy groups -OCH3 is 1. The molecule has 2 heterocycles. The Bertz CT molecular complexity index is 736. The zero-order chi connectivity index (χ0) is 17.1. The van der Waals surface area contributed by atoms with Crippen LogP contribution in [-0.2, 0) is 9.53 Å². The van der Waals surface area contributed by atoms with E-state index in [1.54, 1.807) is 4.52 Å². The van der Waals surface area contributed by atoms with E-state index in [1.807, 2.05) is 33.8 Å². The van der Waals surface area contributed by atoms with Crippen molar-refractivity contribution in [2.24, 2.45) is 5.92 Å². The SMILES string of the molecule is COC(=O)[C@@H](CC(C)C)NC(=O)c1cnn2c(C)cc(C)nc12. The first kappa shape index (κ1) is 16.9. The van der Waals surface area contributed by atoms with Gasteiger partial charge < -0.3 is 10.1 Å². The molecule has 2 aromatic heterocycles. The van der Waals surface area contributed by atoms with Crippen LogP contribution in [0.2, 0.25) is 0 Å². The van der Waals surface area contributed by atoms with E-state index in [0.29, 0.717) is 17.6 Å². The zero-order valence-electron chi connectivity index (χ0n) is 14.1. The molecule has 1 N–H and O–H groups in total. The predicted octanol–water partition coefficient (Wildman–Crippen LogP) is 1.66. The molecule has 0 aliphatic carbocycles. The number of fused-ring (bicyclic) bond motifs is 1. The molecule has 2 aromatic rings. The first-order valence-corrected chi connectivity index (χ1v) is 7.54. The van der Waals surface area contributed by atoms with Gasteiger partial charge in [-0.25, -0.2) is 14.3 Å². The van der Waals surface area contributed by atoms with E-state index < -0.39 is 12.0 Å². The molecule has 0 radical (unpaired) electrons. The number of hydrogen-bond acceptors (Lipinski definition) is 5. The summed E-state index contributed by atoms with van der Waals surface area (Å²) in [6.07, 6.45) is 1.97. The highest BCUT2D eigenvalue weighted by atomic mass is 16.5. The van der Waals surface area contributed by atoms with Crippen LogP contribution in [0.25, 0.3) is 5.65 Å². The number of esters is 1. The molecular formula is C16H22N4O3. The van der Waals surface area contributed by atoms with Crippen LogP contribution in [0.1, 0.15) is 42.0 Å². The molecule has 7 nitrogen and oxygen atoms in total. The summed E-state index contributed by atoms with van der Waals surface area (Å²) in [4.78, 5) is 28.8. The van der Waals surface area contributed by atoms with Crippen molar-refractivity contribution < 1.29 is 14.3 Å². The minimum Gasteiger partial charge on any atom is -0.467 e. The van der Waals surface area contributed by atoms with Crippen molar-refractivity contribution in [2.75, 3.05) is 7.11 Å². The van der Waals surface area contributed by atoms with Crippen LogP contribution < -0.4 is 5.32 Å². The fraction of sp³-hybridized carbons (Fsp3) is 0.500. The Morgan fingerprint density at radius 1 is 1.35 bits per heavy atom. The van der Waals surface area contributed by atoms with E-state index in [9.17, 15) is 9.59 Å². The first-order chi connectivity index (χ1) is 10.8. The molecule has 23 heavy (non-hydrogen) atoms. The first-order valence-electron chi connectivity index (χ1n) is 7.54. The van der Waals surface area contributed by atoms with Gasteiger partial charge in [-0.05, 0) is 32.3 Å². The monoisotopic (exact) mass is 318 g/mol. The number of amides is 1. The van der Waals surface area contributed by atoms with Crippen LogP contribution in [0.3, 0.4) is 0 Å². The lowest BCUT2D eigenvalue weighted by Gasteiger charge is -2.17. The lowest BCUT2D eigenvalue weighted by Crippen LogP contribution is -2.42. The van der Waals surface area contributed by atoms with E-state index in [4.69, 9.17) is 4.74 Å². The highest BCUT2D eigenvalue weighted by molar-refractivity contribution is 6.01. The van der Waals surface area contributed by atoms with Crippen molar-refractivity contribution in [3.05, 3.63) is 29.2 Å². The number of carbonyl (C=O) groups is 2. The summed E-state index contributed by atoms with van der Waals surface area (Å²) in [7, 11) is 1.31. The summed E-state index contributed by atoms with van der Waals surface area (Å²) in [5.74, 6) is -0.594. The summed E-state index contributed by atoms with van der Waals surface area (Å²) in [5, 5.41) is 6.92. The largest absolute Gasteiger partial charge is 0.467 e. The topological polar surface area (TPSA) is 85.6 Å². The highest BCUT2D eigenvalue weighted by Gasteiger charge is 2.25. The predicted molar refractivity (Wildman–Crippen MR) is 85.2 cm³/mol. The van der Waals surface area contributed by atoms with Gasteiger partial charge >= 0.3 is 5.97 Å². The van der Waals surface area contributed by atoms with Gasteiger partial charge in [0.1, 0.15) is 11.6 Å². The van der Waals surface area contributed by atoms with Crippen molar-refractivity contribution >= 4 is 17.5 Å². The van der Waals surface area contributed by atoms with Gasteiger partial charge in [-0.3, -0.25) is 4.79 Å². The normalized spacial score (nSPS) is 12.4. The van der Waals surface area contributed by atoms with Crippen molar-refractivity contribution in [3.63, 3.8) is 0 Å². The summed E-state index contributed by atoms with van der Waals surface area (Å²) in [5.41, 5.74) is 2.51. The van der Waals surface area contributed by atoms with Gasteiger partial charge in [0.15, 0.2) is 5.65 Å². The van der Waals surface area contributed by atoms with Crippen molar-refractivity contribution in [3.8, 4) is 0 Å². The number of aromatic nitrogens is 3. The molecule has 0 saturated carbocycles. The fourth-order valence-electron chi connectivity index (χ4n) is 2.49. The standard InChI is InChI=1S/C16H22N4O3/c1-9(2)6-13(16(22)23-5)19-15(21)12-8-17-20-11(4)7-10(3)18-14(12)20/h7-9,13H,6H2,1-5H3,(H,19,21)/t13-/m1/s1. The maximum absolute atomic E-state index is 12.5. The van der Waals surface area contributed by atoms with E-state index in [-0.39, 0.29) is 11.8 Å². The summed E-state index contributed by atoms with van der Waals surface area (Å²) in [6.45, 7) is 7.71. The van der Waals surface area contributed by atoms with Crippen molar-refractivity contribution in [2.45, 2.75) is 40.2 Å². The van der Waals surface area contributed by atoms with Gasteiger partial charge in [0.2, 0.25) is 0 Å². The Morgan fingerprint density at radius 3 is 2.65 bits per heavy atom. The molecule has 0 aliphatic heterocycles. The Kier molecular flexibility index (Phi) is 4.98. The quantitative estimate of drug-likeness (QED) is 0.848. The zero-order valence-corrected chi connectivity index (χ0v) is 14.1. The van der Waals surface area contributed by atoms with E-state index in [1.165, 1.54) is 13.3 Å². The third kappa shape index (κ3) is 3.67. The lowest BCUT2D eigenvalue weighted by atomic mass is 10.0. The third-order valence-electron chi connectivity index (χ3n) is 3.52. The maximum Gasteiger partial charge on any atom is 0.328 e. The molecule has 2 rings (SSSR count). The van der Waals surface area contributed by atoms with Crippen LogP contribution in [0, 0.1) is 19.8 Å². The molecule has 0 spiro atoms. The van der Waals surface area contributed by atoms with E-state index >= 15 is 0 Å². The Labute approximate surface area is 135 Å². The molecular weight excluding hydrogens is 296 g/mol. The number of nitrogens with one attached hydrogen (secondary N) is 1. The molecule has 1 amide bonds. The van der Waals surface area contributed by atoms with E-state index in [2.05, 4.69) is 15.4 Å². The van der Waals surface area contributed by atoms with Gasteiger partial charge in [0.05, 0.1) is 13.3 Å². The minimum atomic E-state index is -0.687. The smallest absolute Gasteiger partial charge is 0.328 e. The Hall–Kier alpha value is -2.44. The van der Waals surface area contributed by atoms with Crippen LogP contribution in [0.4, 0.5) is 0 Å². The second kappa shape index (κ2) is 6.76. The molecule has 0 fully saturated rings. The third-order valence-corrected chi connectivity index (χ3v) is 3.52. The number of rotatable bonds is 5. The molecule has 0 aliphatic rings. The number of carbonyl (C=O) groups excluding carboxylic acids is 2. The van der Waals surface area contributed by atoms with Crippen LogP contribution >= 0.6 is 0 Å². The maximum atomic E-state index is 12.5. The summed E-state index contributed by atoms with van der Waals surface area (Å²) in [6, 6.07) is 1.20. The molecule has 7 heteroatoms. The van der Waals surface area contributed by atoms with Gasteiger partial charge in [0, 0.05) is 11.4 Å². The van der Waals surface area contributed by atoms with Crippen LogP contribution in [0.5, 0.6) is 0 Å². The van der Waals surface area contributed by atoms with Gasteiger partial charge in [-0.2, -0.15) is 5.10 Å². The number of nitrogens with zero attached hydrogens (tertiary/aromatic N) is 3. The highest BCUT2D eigenvalue weighted by Crippen LogP contribution is 2.13. The number of ether oxygens (including phenoxy) is 1. The Morgan fingerprint density at radius 2 is 2.04 bits per heavy atom. The Balaban J connectivity index is 2.31. The second-order valence-electron chi connectivity index (χ2n) is 6.01. The van der Waals surface area contributed by atoms with Gasteiger partial charge in [0.25, 0.3) is 5.91 Å². The van der Waals surface area contributed by atoms with Crippen molar-refractivity contribution in [1.29, 1.82) is 0 Å². The van der Waals surface area contributed by atoms with Crippen LogP contribution in [-0.4, -0.2) is 39.6 Å². The molecule has 0 unspecified atom stereocenters.